The Labute approximate surface area is 152 Å². The van der Waals surface area contributed by atoms with Gasteiger partial charge in [-0.05, 0) is 18.2 Å². The van der Waals surface area contributed by atoms with Crippen molar-refractivity contribution >= 4 is 23.2 Å². The number of nitrogens with zero attached hydrogens (tertiary/aromatic N) is 5. The van der Waals surface area contributed by atoms with Gasteiger partial charge in [-0.15, -0.1) is 0 Å². The second kappa shape index (κ2) is 7.70. The Kier molecular flexibility index (Phi) is 5.18. The minimum absolute atomic E-state index is 0.0162. The maximum absolute atomic E-state index is 12.2. The van der Waals surface area contributed by atoms with Gasteiger partial charge < -0.3 is 9.88 Å². The summed E-state index contributed by atoms with van der Waals surface area (Å²) in [6.45, 7) is 0.737. The molecule has 0 spiro atoms. The fraction of sp³-hybridized carbons (Fsp3) is 0.125. The first kappa shape index (κ1) is 17.5. The number of hydrogen-bond donors (Lipinski definition) is 1. The molecule has 0 aliphatic carbocycles. The lowest BCUT2D eigenvalue weighted by atomic mass is 10.2. The van der Waals surface area contributed by atoms with Gasteiger partial charge in [0.25, 0.3) is 11.6 Å². The summed E-state index contributed by atoms with van der Waals surface area (Å²) < 4.78 is 1.81. The highest BCUT2D eigenvalue weighted by Crippen LogP contribution is 2.24. The maximum Gasteiger partial charge on any atom is 0.288 e. The molecule has 0 aliphatic rings. The van der Waals surface area contributed by atoms with E-state index >= 15 is 0 Å². The highest BCUT2D eigenvalue weighted by atomic mass is 35.5. The average Bonchev–Trinajstić information content (AvgIpc) is 3.11. The third-order valence-electron chi connectivity index (χ3n) is 3.52. The van der Waals surface area contributed by atoms with Crippen molar-refractivity contribution in [3.05, 3.63) is 69.8 Å². The van der Waals surface area contributed by atoms with E-state index in [4.69, 9.17) is 11.6 Å². The van der Waals surface area contributed by atoms with Crippen molar-refractivity contribution in [1.29, 1.82) is 0 Å². The summed E-state index contributed by atoms with van der Waals surface area (Å²) in [5, 5.41) is 13.6. The van der Waals surface area contributed by atoms with Gasteiger partial charge in [-0.2, -0.15) is 0 Å². The van der Waals surface area contributed by atoms with Crippen molar-refractivity contribution in [2.24, 2.45) is 0 Å². The molecule has 0 atom stereocenters. The normalized spacial score (nSPS) is 10.5. The molecule has 0 saturated carbocycles. The lowest BCUT2D eigenvalue weighted by molar-refractivity contribution is -0.384. The number of hydrogen-bond acceptors (Lipinski definition) is 6. The van der Waals surface area contributed by atoms with Crippen LogP contribution in [0, 0.1) is 10.1 Å². The molecule has 0 unspecified atom stereocenters. The number of halogens is 1. The Morgan fingerprint density at radius 3 is 2.73 bits per heavy atom. The van der Waals surface area contributed by atoms with Crippen LogP contribution >= 0.6 is 11.6 Å². The molecule has 0 aliphatic heterocycles. The monoisotopic (exact) mass is 372 g/mol. The summed E-state index contributed by atoms with van der Waals surface area (Å²) in [6.07, 6.45) is 6.62. The van der Waals surface area contributed by atoms with Crippen LogP contribution in [0.4, 0.5) is 5.69 Å². The fourth-order valence-electron chi connectivity index (χ4n) is 2.30. The van der Waals surface area contributed by atoms with Crippen LogP contribution in [0.1, 0.15) is 10.4 Å². The molecule has 1 aromatic carbocycles. The second-order valence-electron chi connectivity index (χ2n) is 5.20. The average molecular weight is 373 g/mol. The Balaban J connectivity index is 1.64. The first-order valence-corrected chi connectivity index (χ1v) is 7.94. The molecule has 9 nitrogen and oxygen atoms in total. The van der Waals surface area contributed by atoms with Crippen molar-refractivity contribution in [1.82, 2.24) is 24.8 Å². The molecule has 10 heteroatoms. The Bertz CT molecular complexity index is 944. The molecular formula is C16H13ClN6O3. The van der Waals surface area contributed by atoms with Crippen LogP contribution in [0.3, 0.4) is 0 Å². The molecule has 0 fully saturated rings. The smallest absolute Gasteiger partial charge is 0.288 e. The number of aromatic nitrogens is 4. The number of nitro groups is 1. The number of carbonyl (C=O) groups excluding carboxylic acids is 1. The number of nitrogens with one attached hydrogen (secondary N) is 1. The number of rotatable bonds is 6. The van der Waals surface area contributed by atoms with E-state index in [-0.39, 0.29) is 16.3 Å². The van der Waals surface area contributed by atoms with E-state index in [0.29, 0.717) is 24.7 Å². The highest BCUT2D eigenvalue weighted by molar-refractivity contribution is 6.32. The van der Waals surface area contributed by atoms with Gasteiger partial charge in [-0.25, -0.2) is 15.0 Å². The van der Waals surface area contributed by atoms with Crippen LogP contribution in [-0.2, 0) is 6.54 Å². The SMILES string of the molecule is O=C(NCCn1ccnc1-c1ncccn1)c1ccc(Cl)c([N+](=O)[O-])c1. The quantitative estimate of drug-likeness (QED) is 0.524. The molecular weight excluding hydrogens is 360 g/mol. The van der Waals surface area contributed by atoms with E-state index in [1.54, 1.807) is 35.4 Å². The van der Waals surface area contributed by atoms with Crippen LogP contribution in [0.25, 0.3) is 11.6 Å². The van der Waals surface area contributed by atoms with E-state index in [1.165, 1.54) is 12.1 Å². The summed E-state index contributed by atoms with van der Waals surface area (Å²) in [5.74, 6) is 0.640. The van der Waals surface area contributed by atoms with Gasteiger partial charge in [0.05, 0.1) is 4.92 Å². The fourth-order valence-corrected chi connectivity index (χ4v) is 2.48. The number of benzene rings is 1. The summed E-state index contributed by atoms with van der Waals surface area (Å²) in [4.78, 5) is 35.0. The Morgan fingerprint density at radius 1 is 1.23 bits per heavy atom. The largest absolute Gasteiger partial charge is 0.350 e. The van der Waals surface area contributed by atoms with Gasteiger partial charge in [0, 0.05) is 49.5 Å². The van der Waals surface area contributed by atoms with Crippen LogP contribution in [0.15, 0.2) is 49.1 Å². The van der Waals surface area contributed by atoms with Crippen molar-refractivity contribution < 1.29 is 9.72 Å². The van der Waals surface area contributed by atoms with E-state index in [0.717, 1.165) is 6.07 Å². The predicted octanol–water partition coefficient (Wildman–Crippen LogP) is 2.33. The zero-order valence-electron chi connectivity index (χ0n) is 13.4. The highest BCUT2D eigenvalue weighted by Gasteiger charge is 2.16. The van der Waals surface area contributed by atoms with Gasteiger partial charge in [0.1, 0.15) is 5.02 Å². The molecule has 0 bridgehead atoms. The van der Waals surface area contributed by atoms with Crippen LogP contribution in [0.2, 0.25) is 5.02 Å². The molecule has 26 heavy (non-hydrogen) atoms. The van der Waals surface area contributed by atoms with Gasteiger partial charge in [-0.3, -0.25) is 14.9 Å². The summed E-state index contributed by atoms with van der Waals surface area (Å²) in [7, 11) is 0. The first-order valence-electron chi connectivity index (χ1n) is 7.57. The van der Waals surface area contributed by atoms with Crippen LogP contribution in [-0.4, -0.2) is 36.9 Å². The van der Waals surface area contributed by atoms with Crippen molar-refractivity contribution in [2.75, 3.05) is 6.54 Å². The van der Waals surface area contributed by atoms with E-state index < -0.39 is 10.8 Å². The zero-order chi connectivity index (χ0) is 18.5. The Hall–Kier alpha value is -3.33. The summed E-state index contributed by atoms with van der Waals surface area (Å²) >= 11 is 5.75. The van der Waals surface area contributed by atoms with Crippen molar-refractivity contribution in [3.63, 3.8) is 0 Å². The number of nitro benzene ring substituents is 1. The molecule has 0 radical (unpaired) electrons. The molecule has 2 aromatic heterocycles. The number of amides is 1. The van der Waals surface area contributed by atoms with Gasteiger partial charge in [0.15, 0.2) is 11.6 Å². The lowest BCUT2D eigenvalue weighted by Crippen LogP contribution is -2.27. The molecule has 2 heterocycles. The zero-order valence-corrected chi connectivity index (χ0v) is 14.1. The van der Waals surface area contributed by atoms with E-state index in [1.807, 2.05) is 0 Å². The molecule has 1 amide bonds. The van der Waals surface area contributed by atoms with E-state index in [2.05, 4.69) is 20.3 Å². The minimum atomic E-state index is -0.628. The van der Waals surface area contributed by atoms with Gasteiger partial charge >= 0.3 is 0 Å². The third kappa shape index (κ3) is 3.83. The van der Waals surface area contributed by atoms with Gasteiger partial charge in [0.2, 0.25) is 0 Å². The van der Waals surface area contributed by atoms with Gasteiger partial charge in [-0.1, -0.05) is 11.6 Å². The van der Waals surface area contributed by atoms with Crippen molar-refractivity contribution in [2.45, 2.75) is 6.54 Å². The minimum Gasteiger partial charge on any atom is -0.350 e. The second-order valence-corrected chi connectivity index (χ2v) is 5.60. The molecule has 3 aromatic rings. The molecule has 3 rings (SSSR count). The number of imidazole rings is 1. The topological polar surface area (TPSA) is 116 Å². The maximum atomic E-state index is 12.2. The van der Waals surface area contributed by atoms with Crippen LogP contribution < -0.4 is 5.32 Å². The summed E-state index contributed by atoms with van der Waals surface area (Å²) in [5.41, 5.74) is -0.143. The van der Waals surface area contributed by atoms with Crippen molar-refractivity contribution in [3.8, 4) is 11.6 Å². The summed E-state index contributed by atoms with van der Waals surface area (Å²) in [6, 6.07) is 5.63. The predicted molar refractivity (Wildman–Crippen MR) is 93.7 cm³/mol. The first-order chi connectivity index (χ1) is 12.6. The van der Waals surface area contributed by atoms with E-state index in [9.17, 15) is 14.9 Å². The molecule has 0 saturated heterocycles. The standard InChI is InChI=1S/C16H13ClN6O3/c17-12-3-2-11(10-13(12)23(25)26)16(24)21-7-9-22-8-6-20-15(22)14-18-4-1-5-19-14/h1-6,8,10H,7,9H2,(H,21,24). The lowest BCUT2D eigenvalue weighted by Gasteiger charge is -2.08. The number of carbonyl (C=O) groups is 1. The molecule has 132 valence electrons. The Morgan fingerprint density at radius 2 is 2.00 bits per heavy atom. The van der Waals surface area contributed by atoms with Crippen LogP contribution in [0.5, 0.6) is 0 Å². The third-order valence-corrected chi connectivity index (χ3v) is 3.84. The molecule has 1 N–H and O–H groups in total.